The van der Waals surface area contributed by atoms with E-state index in [9.17, 15) is 8.42 Å². The first-order chi connectivity index (χ1) is 9.54. The molecule has 0 unspecified atom stereocenters. The smallest absolute Gasteiger partial charge is 0.156 e. The van der Waals surface area contributed by atoms with Crippen LogP contribution in [0.15, 0.2) is 6.20 Å². The summed E-state index contributed by atoms with van der Waals surface area (Å²) >= 11 is 0. The molecule has 0 amide bonds. The second kappa shape index (κ2) is 6.92. The van der Waals surface area contributed by atoms with Crippen LogP contribution in [0.1, 0.15) is 46.1 Å². The number of imidazole rings is 1. The summed E-state index contributed by atoms with van der Waals surface area (Å²) in [5.74, 6) is 1.59. The third kappa shape index (κ3) is 5.11. The predicted molar refractivity (Wildman–Crippen MR) is 87.0 cm³/mol. The van der Waals surface area contributed by atoms with E-state index in [1.165, 1.54) is 0 Å². The quantitative estimate of drug-likeness (QED) is 0.837. The minimum atomic E-state index is -3.11. The Balaban J connectivity index is 2.73. The predicted octanol–water partition coefficient (Wildman–Crippen LogP) is 2.15. The molecule has 0 aromatic carbocycles. The first-order valence-corrected chi connectivity index (χ1v) is 9.14. The minimum absolute atomic E-state index is 0.144. The van der Waals surface area contributed by atoms with Gasteiger partial charge in [-0.1, -0.05) is 13.8 Å². The Kier molecular flexibility index (Phi) is 5.99. The van der Waals surface area contributed by atoms with Crippen molar-refractivity contribution in [2.75, 3.05) is 12.3 Å². The summed E-state index contributed by atoms with van der Waals surface area (Å²) < 4.78 is 25.7. The second-order valence-corrected chi connectivity index (χ2v) is 9.77. The number of nitrogens with one attached hydrogen (secondary N) is 1. The van der Waals surface area contributed by atoms with Crippen LogP contribution < -0.4 is 5.32 Å². The first-order valence-electron chi connectivity index (χ1n) is 7.48. The summed E-state index contributed by atoms with van der Waals surface area (Å²) in [7, 11) is -3.11. The molecule has 0 atom stereocenters. The number of hydrogen-bond acceptors (Lipinski definition) is 4. The highest BCUT2D eigenvalue weighted by molar-refractivity contribution is 7.92. The van der Waals surface area contributed by atoms with Gasteiger partial charge in [-0.05, 0) is 40.2 Å². The standard InChI is InChI=1S/C15H29N3O2S/c1-12(2)9-16-10-14-11-17-13(3)18(14)7-8-21(19,20)15(4,5)6/h11-12,16H,7-10H2,1-6H3. The molecule has 0 aliphatic rings. The minimum Gasteiger partial charge on any atom is -0.330 e. The van der Waals surface area contributed by atoms with E-state index in [-0.39, 0.29) is 5.75 Å². The molecular weight excluding hydrogens is 286 g/mol. The Bertz CT molecular complexity index is 554. The van der Waals surface area contributed by atoms with Gasteiger partial charge >= 0.3 is 0 Å². The summed E-state index contributed by atoms with van der Waals surface area (Å²) in [4.78, 5) is 4.31. The van der Waals surface area contributed by atoms with Crippen LogP contribution in [-0.2, 0) is 22.9 Å². The summed E-state index contributed by atoms with van der Waals surface area (Å²) in [5, 5.41) is 3.37. The fourth-order valence-electron chi connectivity index (χ4n) is 1.97. The van der Waals surface area contributed by atoms with Crippen LogP contribution in [0, 0.1) is 12.8 Å². The van der Waals surface area contributed by atoms with E-state index in [1.54, 1.807) is 20.8 Å². The molecule has 6 heteroatoms. The summed E-state index contributed by atoms with van der Waals surface area (Å²) in [6.45, 7) is 13.6. The average molecular weight is 315 g/mol. The average Bonchev–Trinajstić information content (AvgIpc) is 2.66. The number of rotatable bonds is 7. The number of hydrogen-bond donors (Lipinski definition) is 1. The zero-order chi connectivity index (χ0) is 16.3. The maximum Gasteiger partial charge on any atom is 0.156 e. The van der Waals surface area contributed by atoms with Gasteiger partial charge in [0.05, 0.1) is 16.2 Å². The van der Waals surface area contributed by atoms with E-state index in [4.69, 9.17) is 0 Å². The number of aryl methyl sites for hydroxylation is 1. The Hall–Kier alpha value is -0.880. The molecule has 5 nitrogen and oxygen atoms in total. The van der Waals surface area contributed by atoms with Crippen molar-refractivity contribution in [3.05, 3.63) is 17.7 Å². The molecule has 1 heterocycles. The van der Waals surface area contributed by atoms with Crippen LogP contribution in [0.4, 0.5) is 0 Å². The Morgan fingerprint density at radius 1 is 1.33 bits per heavy atom. The molecule has 1 aromatic heterocycles. The van der Waals surface area contributed by atoms with Gasteiger partial charge in [-0.25, -0.2) is 13.4 Å². The van der Waals surface area contributed by atoms with Crippen molar-refractivity contribution in [3.63, 3.8) is 0 Å². The monoisotopic (exact) mass is 315 g/mol. The Labute approximate surface area is 129 Å². The van der Waals surface area contributed by atoms with Crippen molar-refractivity contribution >= 4 is 9.84 Å². The van der Waals surface area contributed by atoms with E-state index < -0.39 is 14.6 Å². The third-order valence-electron chi connectivity index (χ3n) is 3.51. The lowest BCUT2D eigenvalue weighted by atomic mass is 10.2. The Morgan fingerprint density at radius 2 is 1.95 bits per heavy atom. The summed E-state index contributed by atoms with van der Waals surface area (Å²) in [6, 6.07) is 0. The molecule has 0 aliphatic heterocycles. The highest BCUT2D eigenvalue weighted by atomic mass is 32.2. The molecule has 1 aromatic rings. The van der Waals surface area contributed by atoms with E-state index in [2.05, 4.69) is 24.1 Å². The maximum atomic E-state index is 12.2. The molecule has 122 valence electrons. The van der Waals surface area contributed by atoms with Crippen molar-refractivity contribution in [1.29, 1.82) is 0 Å². The zero-order valence-corrected chi connectivity index (χ0v) is 14.9. The first kappa shape index (κ1) is 18.2. The van der Waals surface area contributed by atoms with Crippen LogP contribution in [0.5, 0.6) is 0 Å². The molecule has 1 rings (SSSR count). The SMILES string of the molecule is Cc1ncc(CNCC(C)C)n1CCS(=O)(=O)C(C)(C)C. The zero-order valence-electron chi connectivity index (χ0n) is 14.1. The molecule has 0 saturated heterocycles. The van der Waals surface area contributed by atoms with Gasteiger partial charge < -0.3 is 9.88 Å². The van der Waals surface area contributed by atoms with Gasteiger partial charge in [-0.2, -0.15) is 0 Å². The number of aromatic nitrogens is 2. The molecule has 0 fully saturated rings. The lowest BCUT2D eigenvalue weighted by Gasteiger charge is -2.20. The second-order valence-electron chi connectivity index (χ2n) is 6.90. The van der Waals surface area contributed by atoms with Crippen molar-refractivity contribution in [1.82, 2.24) is 14.9 Å². The van der Waals surface area contributed by atoms with Crippen LogP contribution in [-0.4, -0.2) is 35.0 Å². The van der Waals surface area contributed by atoms with Gasteiger partial charge in [0.15, 0.2) is 9.84 Å². The molecule has 0 aliphatic carbocycles. The van der Waals surface area contributed by atoms with Gasteiger partial charge in [0, 0.05) is 19.3 Å². The molecule has 0 spiro atoms. The van der Waals surface area contributed by atoms with Crippen molar-refractivity contribution in [2.45, 2.75) is 59.4 Å². The van der Waals surface area contributed by atoms with E-state index in [0.717, 1.165) is 18.1 Å². The van der Waals surface area contributed by atoms with E-state index >= 15 is 0 Å². The molecule has 1 N–H and O–H groups in total. The van der Waals surface area contributed by atoms with Crippen LogP contribution in [0.2, 0.25) is 0 Å². The molecule has 0 bridgehead atoms. The summed E-state index contributed by atoms with van der Waals surface area (Å²) in [5.41, 5.74) is 1.04. The van der Waals surface area contributed by atoms with Crippen molar-refractivity contribution < 1.29 is 8.42 Å². The van der Waals surface area contributed by atoms with Gasteiger partial charge in [0.2, 0.25) is 0 Å². The van der Waals surface area contributed by atoms with Crippen molar-refractivity contribution in [3.8, 4) is 0 Å². The van der Waals surface area contributed by atoms with Crippen LogP contribution in [0.3, 0.4) is 0 Å². The lowest BCUT2D eigenvalue weighted by Crippen LogP contribution is -2.32. The van der Waals surface area contributed by atoms with Gasteiger partial charge in [0.25, 0.3) is 0 Å². The fourth-order valence-corrected chi connectivity index (χ4v) is 3.00. The van der Waals surface area contributed by atoms with E-state index in [0.29, 0.717) is 19.0 Å². The molecule has 0 radical (unpaired) electrons. The highest BCUT2D eigenvalue weighted by Crippen LogP contribution is 2.17. The molecule has 0 saturated carbocycles. The maximum absolute atomic E-state index is 12.2. The van der Waals surface area contributed by atoms with Crippen molar-refractivity contribution in [2.24, 2.45) is 5.92 Å². The molecule has 21 heavy (non-hydrogen) atoms. The topological polar surface area (TPSA) is 64.0 Å². The van der Waals surface area contributed by atoms with Crippen LogP contribution in [0.25, 0.3) is 0 Å². The highest BCUT2D eigenvalue weighted by Gasteiger charge is 2.28. The van der Waals surface area contributed by atoms with E-state index in [1.807, 2.05) is 17.7 Å². The molecular formula is C15H29N3O2S. The van der Waals surface area contributed by atoms with Crippen LogP contribution >= 0.6 is 0 Å². The fraction of sp³-hybridized carbons (Fsp3) is 0.800. The van der Waals surface area contributed by atoms with Gasteiger partial charge in [-0.3, -0.25) is 0 Å². The largest absolute Gasteiger partial charge is 0.330 e. The lowest BCUT2D eigenvalue weighted by molar-refractivity contribution is 0.530. The normalized spacial score (nSPS) is 13.1. The third-order valence-corrected chi connectivity index (χ3v) is 6.10. The Morgan fingerprint density at radius 3 is 2.48 bits per heavy atom. The van der Waals surface area contributed by atoms with Gasteiger partial charge in [0.1, 0.15) is 5.82 Å². The number of sulfone groups is 1. The summed E-state index contributed by atoms with van der Waals surface area (Å²) in [6.07, 6.45) is 1.83. The van der Waals surface area contributed by atoms with Gasteiger partial charge in [-0.15, -0.1) is 0 Å². The number of nitrogens with zero attached hydrogens (tertiary/aromatic N) is 2.